The summed E-state index contributed by atoms with van der Waals surface area (Å²) in [6.07, 6.45) is -0.634. The summed E-state index contributed by atoms with van der Waals surface area (Å²) in [6, 6.07) is 8.61. The van der Waals surface area contributed by atoms with Gasteiger partial charge in [0.15, 0.2) is 0 Å². The third-order valence-corrected chi connectivity index (χ3v) is 3.86. The number of benzene rings is 1. The molecule has 0 radical (unpaired) electrons. The zero-order valence-corrected chi connectivity index (χ0v) is 10.7. The van der Waals surface area contributed by atoms with E-state index in [0.29, 0.717) is 5.56 Å². The van der Waals surface area contributed by atoms with Gasteiger partial charge in [0.25, 0.3) is 5.92 Å². The summed E-state index contributed by atoms with van der Waals surface area (Å²) in [7, 11) is 0. The summed E-state index contributed by atoms with van der Waals surface area (Å²) < 4.78 is 26.4. The molecular formula is C14H16F2NO2-. The lowest BCUT2D eigenvalue weighted by molar-refractivity contribution is -0.321. The number of likely N-dealkylation sites (tertiary alicyclic amines) is 1. The number of carbonyl (C=O) groups is 1. The Hall–Kier alpha value is -1.49. The van der Waals surface area contributed by atoms with Gasteiger partial charge in [-0.25, -0.2) is 8.78 Å². The number of carbonyl (C=O) groups excluding carboxylic acids is 1. The Kier molecular flexibility index (Phi) is 3.58. The number of aliphatic carboxylic acids is 1. The lowest BCUT2D eigenvalue weighted by atomic mass is 9.88. The fourth-order valence-corrected chi connectivity index (χ4v) is 2.47. The van der Waals surface area contributed by atoms with E-state index in [-0.39, 0.29) is 25.9 Å². The van der Waals surface area contributed by atoms with Crippen molar-refractivity contribution >= 4 is 5.97 Å². The summed E-state index contributed by atoms with van der Waals surface area (Å²) in [5.74, 6) is -3.95. The van der Waals surface area contributed by atoms with Crippen LogP contribution < -0.4 is 5.11 Å². The van der Waals surface area contributed by atoms with Crippen molar-refractivity contribution in [3.8, 4) is 0 Å². The fourth-order valence-electron chi connectivity index (χ4n) is 2.47. The van der Waals surface area contributed by atoms with Gasteiger partial charge >= 0.3 is 0 Å². The second kappa shape index (κ2) is 4.89. The third-order valence-electron chi connectivity index (χ3n) is 3.86. The van der Waals surface area contributed by atoms with Gasteiger partial charge in [0, 0.05) is 25.9 Å². The molecule has 0 aromatic heterocycles. The predicted molar refractivity (Wildman–Crippen MR) is 64.6 cm³/mol. The summed E-state index contributed by atoms with van der Waals surface area (Å²) in [4.78, 5) is 13.1. The maximum atomic E-state index is 13.2. The van der Waals surface area contributed by atoms with Gasteiger partial charge in [0.2, 0.25) is 0 Å². The lowest BCUT2D eigenvalue weighted by Crippen LogP contribution is -2.58. The van der Waals surface area contributed by atoms with Gasteiger partial charge in [-0.2, -0.15) is 0 Å². The number of halogens is 2. The Balaban J connectivity index is 2.29. The van der Waals surface area contributed by atoms with E-state index in [0.717, 1.165) is 0 Å². The molecule has 104 valence electrons. The molecule has 0 spiro atoms. The van der Waals surface area contributed by atoms with Gasteiger partial charge in [0.1, 0.15) is 0 Å². The molecule has 0 amide bonds. The van der Waals surface area contributed by atoms with Crippen LogP contribution in [0.4, 0.5) is 8.78 Å². The topological polar surface area (TPSA) is 43.4 Å². The third kappa shape index (κ3) is 2.61. The molecule has 0 aliphatic carbocycles. The molecule has 0 bridgehead atoms. The molecule has 1 aliphatic rings. The van der Waals surface area contributed by atoms with E-state index in [9.17, 15) is 18.7 Å². The zero-order chi connectivity index (χ0) is 14.1. The van der Waals surface area contributed by atoms with Crippen molar-refractivity contribution < 1.29 is 18.7 Å². The molecular weight excluding hydrogens is 252 g/mol. The van der Waals surface area contributed by atoms with E-state index in [1.807, 2.05) is 0 Å². The minimum atomic E-state index is -2.69. The first kappa shape index (κ1) is 13.9. The number of hydrogen-bond acceptors (Lipinski definition) is 3. The van der Waals surface area contributed by atoms with Gasteiger partial charge < -0.3 is 9.90 Å². The molecule has 0 saturated carbocycles. The van der Waals surface area contributed by atoms with E-state index in [4.69, 9.17) is 0 Å². The average molecular weight is 268 g/mol. The van der Waals surface area contributed by atoms with Gasteiger partial charge in [-0.15, -0.1) is 0 Å². The maximum Gasteiger partial charge on any atom is 0.250 e. The van der Waals surface area contributed by atoms with Crippen molar-refractivity contribution in [1.82, 2.24) is 4.90 Å². The Morgan fingerprint density at radius 3 is 2.26 bits per heavy atom. The lowest BCUT2D eigenvalue weighted by Gasteiger charge is -2.45. The van der Waals surface area contributed by atoms with Gasteiger partial charge in [0.05, 0.1) is 11.5 Å². The smallest absolute Gasteiger partial charge is 0.250 e. The molecule has 1 saturated heterocycles. The number of nitrogens with zero attached hydrogens (tertiary/aromatic N) is 1. The average Bonchev–Trinajstić information content (AvgIpc) is 2.38. The number of carboxylic acids is 1. The van der Waals surface area contributed by atoms with E-state index in [1.165, 1.54) is 6.92 Å². The molecule has 1 aromatic rings. The van der Waals surface area contributed by atoms with E-state index >= 15 is 0 Å². The van der Waals surface area contributed by atoms with Crippen molar-refractivity contribution in [3.63, 3.8) is 0 Å². The summed E-state index contributed by atoms with van der Waals surface area (Å²) >= 11 is 0. The second-order valence-corrected chi connectivity index (χ2v) is 5.07. The molecule has 1 aliphatic heterocycles. The van der Waals surface area contributed by atoms with E-state index in [2.05, 4.69) is 0 Å². The Morgan fingerprint density at radius 2 is 1.79 bits per heavy atom. The van der Waals surface area contributed by atoms with Crippen molar-refractivity contribution in [2.45, 2.75) is 31.2 Å². The van der Waals surface area contributed by atoms with Crippen LogP contribution >= 0.6 is 0 Å². The second-order valence-electron chi connectivity index (χ2n) is 5.07. The Labute approximate surface area is 110 Å². The SMILES string of the molecule is CC(C(=O)[O-])(c1ccccc1)N1CCC(F)(F)CC1. The van der Waals surface area contributed by atoms with Crippen LogP contribution in [-0.4, -0.2) is 29.9 Å². The van der Waals surface area contributed by atoms with Gasteiger partial charge in [-0.1, -0.05) is 30.3 Å². The predicted octanol–water partition coefficient (Wildman–Crippen LogP) is 1.38. The van der Waals surface area contributed by atoms with Crippen LogP contribution in [0.25, 0.3) is 0 Å². The molecule has 1 fully saturated rings. The molecule has 0 N–H and O–H groups in total. The Morgan fingerprint density at radius 1 is 1.26 bits per heavy atom. The molecule has 1 unspecified atom stereocenters. The van der Waals surface area contributed by atoms with E-state index in [1.54, 1.807) is 35.2 Å². The van der Waals surface area contributed by atoms with Crippen LogP contribution in [0.1, 0.15) is 25.3 Å². The van der Waals surface area contributed by atoms with Gasteiger partial charge in [-0.3, -0.25) is 4.90 Å². The first-order chi connectivity index (χ1) is 8.86. The summed E-state index contributed by atoms with van der Waals surface area (Å²) in [5.41, 5.74) is -0.808. The highest BCUT2D eigenvalue weighted by atomic mass is 19.3. The van der Waals surface area contributed by atoms with Crippen molar-refractivity contribution in [1.29, 1.82) is 0 Å². The monoisotopic (exact) mass is 268 g/mol. The fraction of sp³-hybridized carbons (Fsp3) is 0.500. The molecule has 5 heteroatoms. The van der Waals surface area contributed by atoms with Crippen LogP contribution in [0.2, 0.25) is 0 Å². The molecule has 19 heavy (non-hydrogen) atoms. The van der Waals surface area contributed by atoms with E-state index < -0.39 is 17.4 Å². The highest BCUT2D eigenvalue weighted by Gasteiger charge is 2.42. The van der Waals surface area contributed by atoms with Crippen molar-refractivity contribution in [3.05, 3.63) is 35.9 Å². The van der Waals surface area contributed by atoms with Gasteiger partial charge in [-0.05, 0) is 12.5 Å². The summed E-state index contributed by atoms with van der Waals surface area (Å²) in [5, 5.41) is 11.5. The number of hydrogen-bond donors (Lipinski definition) is 0. The zero-order valence-electron chi connectivity index (χ0n) is 10.7. The molecule has 2 rings (SSSR count). The van der Waals surface area contributed by atoms with Crippen molar-refractivity contribution in [2.75, 3.05) is 13.1 Å². The number of rotatable bonds is 3. The van der Waals surface area contributed by atoms with Crippen LogP contribution in [0, 0.1) is 0 Å². The highest BCUT2D eigenvalue weighted by Crippen LogP contribution is 2.35. The molecule has 3 nitrogen and oxygen atoms in total. The summed E-state index contributed by atoms with van der Waals surface area (Å²) in [6.45, 7) is 1.61. The standard InChI is InChI=1S/C14H17F2NO2/c1-13(12(18)19,11-5-3-2-4-6-11)17-9-7-14(15,16)8-10-17/h2-6H,7-10H2,1H3,(H,18,19)/p-1. The van der Waals surface area contributed by atoms with Crippen LogP contribution in [0.5, 0.6) is 0 Å². The first-order valence-electron chi connectivity index (χ1n) is 6.26. The highest BCUT2D eigenvalue weighted by molar-refractivity contribution is 5.78. The van der Waals surface area contributed by atoms with Crippen molar-refractivity contribution in [2.24, 2.45) is 0 Å². The minimum Gasteiger partial charge on any atom is -0.548 e. The Bertz CT molecular complexity index is 454. The largest absolute Gasteiger partial charge is 0.548 e. The molecule has 1 heterocycles. The maximum absolute atomic E-state index is 13.2. The minimum absolute atomic E-state index is 0.0480. The number of carboxylic acid groups (broad SMARTS) is 1. The first-order valence-corrected chi connectivity index (χ1v) is 6.26. The van der Waals surface area contributed by atoms with Crippen LogP contribution in [-0.2, 0) is 10.3 Å². The number of alkyl halides is 2. The van der Waals surface area contributed by atoms with Crippen LogP contribution in [0.3, 0.4) is 0 Å². The molecule has 1 atom stereocenters. The van der Waals surface area contributed by atoms with Crippen LogP contribution in [0.15, 0.2) is 30.3 Å². The molecule has 1 aromatic carbocycles. The quantitative estimate of drug-likeness (QED) is 0.832. The normalized spacial score (nSPS) is 22.7. The number of piperidine rings is 1.